The van der Waals surface area contributed by atoms with Crippen molar-refractivity contribution in [1.82, 2.24) is 0 Å². The number of aliphatic hydroxyl groups is 1. The van der Waals surface area contributed by atoms with Gasteiger partial charge in [-0.1, -0.05) is 18.6 Å². The molecule has 2 aliphatic rings. The lowest BCUT2D eigenvalue weighted by Gasteiger charge is -2.51. The van der Waals surface area contributed by atoms with Crippen molar-refractivity contribution < 1.29 is 5.11 Å². The highest BCUT2D eigenvalue weighted by atomic mass is 16.3. The van der Waals surface area contributed by atoms with Crippen molar-refractivity contribution in [1.29, 1.82) is 0 Å². The Hall–Kier alpha value is -0.300. The summed E-state index contributed by atoms with van der Waals surface area (Å²) < 4.78 is 0. The minimum absolute atomic E-state index is 0.170. The molecule has 1 nitrogen and oxygen atoms in total. The lowest BCUT2D eigenvalue weighted by atomic mass is 9.54. The minimum atomic E-state index is -0.170. The highest BCUT2D eigenvalue weighted by molar-refractivity contribution is 5.20. The summed E-state index contributed by atoms with van der Waals surface area (Å²) in [7, 11) is 0. The zero-order chi connectivity index (χ0) is 8.06. The summed E-state index contributed by atoms with van der Waals surface area (Å²) in [4.78, 5) is 0. The van der Waals surface area contributed by atoms with Crippen molar-refractivity contribution in [2.24, 2.45) is 11.3 Å². The van der Waals surface area contributed by atoms with Gasteiger partial charge in [0.25, 0.3) is 0 Å². The molecule has 0 aromatic rings. The molecule has 3 unspecified atom stereocenters. The zero-order valence-corrected chi connectivity index (χ0v) is 7.30. The molecule has 0 spiro atoms. The van der Waals surface area contributed by atoms with Crippen LogP contribution >= 0.6 is 0 Å². The van der Waals surface area contributed by atoms with Gasteiger partial charge in [-0.15, -0.1) is 0 Å². The number of allylic oxidation sites excluding steroid dienone is 1. The van der Waals surface area contributed by atoms with Crippen LogP contribution in [0.25, 0.3) is 0 Å². The molecule has 0 amide bonds. The molecular formula is C10H16O. The Morgan fingerprint density at radius 1 is 1.64 bits per heavy atom. The fourth-order valence-electron chi connectivity index (χ4n) is 2.76. The Morgan fingerprint density at radius 2 is 2.36 bits per heavy atom. The molecule has 0 aromatic carbocycles. The number of fused-ring (bicyclic) bond motifs is 1. The number of aliphatic hydroxyl groups excluding tert-OH is 1. The third-order valence-electron chi connectivity index (χ3n) is 3.53. The Bertz CT molecular complexity index is 207. The van der Waals surface area contributed by atoms with Crippen LogP contribution < -0.4 is 0 Å². The van der Waals surface area contributed by atoms with Crippen LogP contribution in [0.15, 0.2) is 11.6 Å². The largest absolute Gasteiger partial charge is 0.389 e. The average Bonchev–Trinajstić information content (AvgIpc) is 1.81. The van der Waals surface area contributed by atoms with Gasteiger partial charge in [0.2, 0.25) is 0 Å². The Labute approximate surface area is 68.1 Å². The van der Waals surface area contributed by atoms with Crippen LogP contribution in [0.2, 0.25) is 0 Å². The van der Waals surface area contributed by atoms with Gasteiger partial charge in [0.1, 0.15) is 0 Å². The molecule has 0 aromatic heterocycles. The van der Waals surface area contributed by atoms with Gasteiger partial charge in [-0.2, -0.15) is 0 Å². The van der Waals surface area contributed by atoms with Gasteiger partial charge in [-0.3, -0.25) is 0 Å². The van der Waals surface area contributed by atoms with Crippen molar-refractivity contribution in [3.8, 4) is 0 Å². The standard InChI is InChI=1S/C10H16O/c1-7-5-8(11)6-10(2)4-3-9(7)10/h5,8-9,11H,3-4,6H2,1-2H3. The quantitative estimate of drug-likeness (QED) is 0.527. The predicted octanol–water partition coefficient (Wildman–Crippen LogP) is 2.11. The predicted molar refractivity (Wildman–Crippen MR) is 45.2 cm³/mol. The van der Waals surface area contributed by atoms with E-state index < -0.39 is 0 Å². The van der Waals surface area contributed by atoms with Gasteiger partial charge in [0, 0.05) is 0 Å². The second kappa shape index (κ2) is 2.10. The van der Waals surface area contributed by atoms with Gasteiger partial charge in [-0.05, 0) is 37.5 Å². The molecule has 1 fully saturated rings. The number of rotatable bonds is 0. The molecule has 2 rings (SSSR count). The van der Waals surface area contributed by atoms with Crippen LogP contribution in [0.5, 0.6) is 0 Å². The van der Waals surface area contributed by atoms with Crippen LogP contribution in [-0.4, -0.2) is 11.2 Å². The molecule has 1 N–H and O–H groups in total. The molecule has 0 saturated heterocycles. The first-order chi connectivity index (χ1) is 5.12. The highest BCUT2D eigenvalue weighted by Gasteiger charge is 2.46. The maximum atomic E-state index is 9.49. The molecule has 0 aliphatic heterocycles. The summed E-state index contributed by atoms with van der Waals surface area (Å²) in [6, 6.07) is 0. The van der Waals surface area contributed by atoms with E-state index in [4.69, 9.17) is 0 Å². The first kappa shape index (κ1) is 7.35. The van der Waals surface area contributed by atoms with Crippen molar-refractivity contribution in [2.75, 3.05) is 0 Å². The molecule has 0 bridgehead atoms. The molecule has 0 heterocycles. The summed E-state index contributed by atoms with van der Waals surface area (Å²) in [5, 5.41) is 9.49. The van der Waals surface area contributed by atoms with E-state index >= 15 is 0 Å². The fraction of sp³-hybridized carbons (Fsp3) is 0.800. The fourth-order valence-corrected chi connectivity index (χ4v) is 2.76. The van der Waals surface area contributed by atoms with E-state index in [-0.39, 0.29) is 6.10 Å². The molecule has 1 heteroatoms. The maximum absolute atomic E-state index is 9.49. The van der Waals surface area contributed by atoms with Crippen molar-refractivity contribution in [3.63, 3.8) is 0 Å². The van der Waals surface area contributed by atoms with Crippen LogP contribution in [0, 0.1) is 11.3 Å². The average molecular weight is 152 g/mol. The smallest absolute Gasteiger partial charge is 0.0728 e. The van der Waals surface area contributed by atoms with Gasteiger partial charge in [0.05, 0.1) is 6.10 Å². The topological polar surface area (TPSA) is 20.2 Å². The second-order valence-electron chi connectivity index (χ2n) is 4.43. The highest BCUT2D eigenvalue weighted by Crippen LogP contribution is 2.55. The molecule has 62 valence electrons. The normalized spacial score (nSPS) is 49.2. The lowest BCUT2D eigenvalue weighted by molar-refractivity contribution is 0.0117. The van der Waals surface area contributed by atoms with Crippen molar-refractivity contribution >= 4 is 0 Å². The lowest BCUT2D eigenvalue weighted by Crippen LogP contribution is -2.43. The third kappa shape index (κ3) is 0.943. The van der Waals surface area contributed by atoms with Crippen LogP contribution in [0.3, 0.4) is 0 Å². The van der Waals surface area contributed by atoms with Gasteiger partial charge >= 0.3 is 0 Å². The first-order valence-corrected chi connectivity index (χ1v) is 4.48. The molecule has 3 atom stereocenters. The van der Waals surface area contributed by atoms with Gasteiger partial charge in [-0.25, -0.2) is 0 Å². The molecular weight excluding hydrogens is 136 g/mol. The van der Waals surface area contributed by atoms with E-state index in [1.807, 2.05) is 6.08 Å². The van der Waals surface area contributed by atoms with E-state index in [9.17, 15) is 5.11 Å². The zero-order valence-electron chi connectivity index (χ0n) is 7.30. The van der Waals surface area contributed by atoms with E-state index in [1.165, 1.54) is 18.4 Å². The third-order valence-corrected chi connectivity index (χ3v) is 3.53. The molecule has 2 aliphatic carbocycles. The van der Waals surface area contributed by atoms with E-state index in [0.29, 0.717) is 5.41 Å². The van der Waals surface area contributed by atoms with Crippen molar-refractivity contribution in [2.45, 2.75) is 39.2 Å². The molecule has 1 saturated carbocycles. The van der Waals surface area contributed by atoms with E-state index in [2.05, 4.69) is 13.8 Å². The Morgan fingerprint density at radius 3 is 2.82 bits per heavy atom. The Kier molecular flexibility index (Phi) is 1.40. The maximum Gasteiger partial charge on any atom is 0.0728 e. The van der Waals surface area contributed by atoms with Crippen LogP contribution in [-0.2, 0) is 0 Å². The minimum Gasteiger partial charge on any atom is -0.389 e. The van der Waals surface area contributed by atoms with Crippen molar-refractivity contribution in [3.05, 3.63) is 11.6 Å². The summed E-state index contributed by atoms with van der Waals surface area (Å²) >= 11 is 0. The van der Waals surface area contributed by atoms with Crippen LogP contribution in [0.4, 0.5) is 0 Å². The summed E-state index contributed by atoms with van der Waals surface area (Å²) in [6.07, 6.45) is 5.49. The van der Waals surface area contributed by atoms with Gasteiger partial charge < -0.3 is 5.11 Å². The number of hydrogen-bond donors (Lipinski definition) is 1. The molecule has 11 heavy (non-hydrogen) atoms. The monoisotopic (exact) mass is 152 g/mol. The van der Waals surface area contributed by atoms with E-state index in [1.54, 1.807) is 0 Å². The first-order valence-electron chi connectivity index (χ1n) is 4.48. The summed E-state index contributed by atoms with van der Waals surface area (Å²) in [5.41, 5.74) is 1.86. The summed E-state index contributed by atoms with van der Waals surface area (Å²) in [6.45, 7) is 4.46. The summed E-state index contributed by atoms with van der Waals surface area (Å²) in [5.74, 6) is 0.783. The van der Waals surface area contributed by atoms with Crippen LogP contribution in [0.1, 0.15) is 33.1 Å². The molecule has 0 radical (unpaired) electrons. The Balaban J connectivity index is 2.25. The number of hydrogen-bond acceptors (Lipinski definition) is 1. The SMILES string of the molecule is CC1=CC(O)CC2(C)CCC12. The van der Waals surface area contributed by atoms with E-state index in [0.717, 1.165) is 12.3 Å². The van der Waals surface area contributed by atoms with Gasteiger partial charge in [0.15, 0.2) is 0 Å². The second-order valence-corrected chi connectivity index (χ2v) is 4.43.